The largest absolute Gasteiger partial charge is 0.481 e. The smallest absolute Gasteiger partial charge is 0.308 e. The molecule has 2 atom stereocenters. The van der Waals surface area contributed by atoms with E-state index < -0.39 is 16.0 Å². The van der Waals surface area contributed by atoms with Crippen LogP contribution in [0.1, 0.15) is 31.1 Å². The average molecular weight is 317 g/mol. The van der Waals surface area contributed by atoms with Crippen molar-refractivity contribution in [1.82, 2.24) is 4.72 Å². The molecule has 1 aromatic heterocycles. The van der Waals surface area contributed by atoms with Crippen LogP contribution in [0.15, 0.2) is 16.3 Å². The minimum Gasteiger partial charge on any atom is -0.481 e. The summed E-state index contributed by atoms with van der Waals surface area (Å²) in [7, 11) is -3.50. The van der Waals surface area contributed by atoms with Gasteiger partial charge in [-0.1, -0.05) is 13.3 Å². The fourth-order valence-corrected chi connectivity index (χ4v) is 5.06. The molecule has 2 N–H and O–H groups in total. The van der Waals surface area contributed by atoms with Crippen molar-refractivity contribution >= 4 is 27.3 Å². The molecule has 0 amide bonds. The lowest BCUT2D eigenvalue weighted by Crippen LogP contribution is -2.28. The number of thiophene rings is 1. The lowest BCUT2D eigenvalue weighted by molar-refractivity contribution is -0.136. The van der Waals surface area contributed by atoms with Crippen molar-refractivity contribution in [3.05, 3.63) is 17.0 Å². The summed E-state index contributed by atoms with van der Waals surface area (Å²) in [5, 5.41) is 8.69. The Balaban J connectivity index is 1.95. The molecule has 0 radical (unpaired) electrons. The van der Waals surface area contributed by atoms with E-state index in [1.807, 2.05) is 0 Å². The molecule has 2 rings (SSSR count). The van der Waals surface area contributed by atoms with Crippen LogP contribution in [-0.2, 0) is 21.2 Å². The summed E-state index contributed by atoms with van der Waals surface area (Å²) in [5.74, 6) is 0.135. The van der Waals surface area contributed by atoms with Crippen LogP contribution in [0.3, 0.4) is 0 Å². The molecule has 5 nitrogen and oxygen atoms in total. The average Bonchev–Trinajstić information content (AvgIpc) is 2.95. The van der Waals surface area contributed by atoms with E-state index in [-0.39, 0.29) is 10.6 Å². The second-order valence-electron chi connectivity index (χ2n) is 5.43. The van der Waals surface area contributed by atoms with E-state index in [0.29, 0.717) is 23.3 Å². The molecule has 1 aromatic rings. The van der Waals surface area contributed by atoms with Crippen LogP contribution < -0.4 is 4.72 Å². The van der Waals surface area contributed by atoms with E-state index in [1.165, 1.54) is 6.07 Å². The Hall–Kier alpha value is -0.920. The van der Waals surface area contributed by atoms with Crippen LogP contribution in [-0.4, -0.2) is 26.0 Å². The van der Waals surface area contributed by atoms with Gasteiger partial charge >= 0.3 is 5.97 Å². The van der Waals surface area contributed by atoms with Crippen molar-refractivity contribution in [2.45, 2.75) is 36.8 Å². The Morgan fingerprint density at radius 1 is 1.45 bits per heavy atom. The lowest BCUT2D eigenvalue weighted by atomic mass is 10.1. The fourth-order valence-electron chi connectivity index (χ4n) is 2.56. The quantitative estimate of drug-likeness (QED) is 0.841. The van der Waals surface area contributed by atoms with Gasteiger partial charge in [0.1, 0.15) is 4.21 Å². The third-order valence-corrected chi connectivity index (χ3v) is 6.59. The predicted octanol–water partition coefficient (Wildman–Crippen LogP) is 2.09. The topological polar surface area (TPSA) is 83.5 Å². The Morgan fingerprint density at radius 3 is 2.80 bits per heavy atom. The number of rotatable bonds is 6. The maximum atomic E-state index is 12.1. The molecule has 1 heterocycles. The van der Waals surface area contributed by atoms with E-state index in [9.17, 15) is 13.2 Å². The summed E-state index contributed by atoms with van der Waals surface area (Å²) >= 11 is 1.02. The van der Waals surface area contributed by atoms with Gasteiger partial charge in [-0.3, -0.25) is 4.79 Å². The first-order valence-electron chi connectivity index (χ1n) is 6.67. The van der Waals surface area contributed by atoms with E-state index in [0.717, 1.165) is 30.6 Å². The van der Waals surface area contributed by atoms with E-state index in [2.05, 4.69) is 11.6 Å². The first kappa shape index (κ1) is 15.5. The molecule has 0 aromatic carbocycles. The zero-order valence-electron chi connectivity index (χ0n) is 11.3. The highest BCUT2D eigenvalue weighted by Gasteiger charge is 2.24. The molecule has 112 valence electrons. The number of carboxylic acids is 1. The third kappa shape index (κ3) is 4.04. The second kappa shape index (κ2) is 6.24. The van der Waals surface area contributed by atoms with Crippen molar-refractivity contribution in [2.75, 3.05) is 6.54 Å². The van der Waals surface area contributed by atoms with Crippen molar-refractivity contribution in [1.29, 1.82) is 0 Å². The van der Waals surface area contributed by atoms with Crippen molar-refractivity contribution in [3.63, 3.8) is 0 Å². The van der Waals surface area contributed by atoms with Gasteiger partial charge in [-0.2, -0.15) is 0 Å². The molecule has 1 aliphatic rings. The van der Waals surface area contributed by atoms with Crippen LogP contribution >= 0.6 is 11.3 Å². The van der Waals surface area contributed by atoms with Gasteiger partial charge in [0.25, 0.3) is 0 Å². The second-order valence-corrected chi connectivity index (χ2v) is 8.59. The van der Waals surface area contributed by atoms with Crippen molar-refractivity contribution < 1.29 is 18.3 Å². The fraction of sp³-hybridized carbons (Fsp3) is 0.615. The molecule has 2 unspecified atom stereocenters. The Morgan fingerprint density at radius 2 is 2.20 bits per heavy atom. The van der Waals surface area contributed by atoms with Crippen LogP contribution in [0.2, 0.25) is 0 Å². The lowest BCUT2D eigenvalue weighted by Gasteiger charge is -2.10. The normalized spacial score (nSPS) is 23.1. The number of aliphatic carboxylic acids is 1. The van der Waals surface area contributed by atoms with Gasteiger partial charge in [-0.15, -0.1) is 11.3 Å². The minimum absolute atomic E-state index is 0.139. The first-order chi connectivity index (χ1) is 9.37. The van der Waals surface area contributed by atoms with Gasteiger partial charge in [-0.05, 0) is 36.8 Å². The molecule has 0 aliphatic heterocycles. The van der Waals surface area contributed by atoms with Gasteiger partial charge in [0.15, 0.2) is 0 Å². The minimum atomic E-state index is -3.50. The van der Waals surface area contributed by atoms with Gasteiger partial charge in [0, 0.05) is 11.4 Å². The van der Waals surface area contributed by atoms with Crippen LogP contribution in [0.5, 0.6) is 0 Å². The molecule has 7 heteroatoms. The highest BCUT2D eigenvalue weighted by Crippen LogP contribution is 2.30. The third-order valence-electron chi connectivity index (χ3n) is 3.59. The number of carbonyl (C=O) groups is 1. The van der Waals surface area contributed by atoms with Gasteiger partial charge in [0.2, 0.25) is 10.0 Å². The summed E-state index contributed by atoms with van der Waals surface area (Å²) in [5.41, 5.74) is 0. The number of hydrogen-bond donors (Lipinski definition) is 2. The van der Waals surface area contributed by atoms with Gasteiger partial charge < -0.3 is 5.11 Å². The Bertz CT molecular complexity index is 579. The molecular weight excluding hydrogens is 298 g/mol. The molecule has 0 saturated heterocycles. The van der Waals surface area contributed by atoms with Gasteiger partial charge in [-0.25, -0.2) is 13.1 Å². The Kier molecular flexibility index (Phi) is 4.82. The standard InChI is InChI=1S/C13H19NO4S2/c1-9-2-3-10(6-9)8-14-20(17,18)13-5-4-11(19-13)7-12(15)16/h4-5,9-10,14H,2-3,6-8H2,1H3,(H,15,16). The molecule has 0 spiro atoms. The molecule has 1 aliphatic carbocycles. The SMILES string of the molecule is CC1CCC(CNS(=O)(=O)c2ccc(CC(=O)O)s2)C1. The zero-order chi connectivity index (χ0) is 14.8. The maximum absolute atomic E-state index is 12.1. The molecule has 1 fully saturated rings. The summed E-state index contributed by atoms with van der Waals surface area (Å²) in [4.78, 5) is 11.1. The summed E-state index contributed by atoms with van der Waals surface area (Å²) in [6.45, 7) is 2.66. The number of carboxylic acid groups (broad SMARTS) is 1. The van der Waals surface area contributed by atoms with E-state index >= 15 is 0 Å². The highest BCUT2D eigenvalue weighted by molar-refractivity contribution is 7.91. The summed E-state index contributed by atoms with van der Waals surface area (Å²) < 4.78 is 27.1. The van der Waals surface area contributed by atoms with Crippen molar-refractivity contribution in [2.24, 2.45) is 11.8 Å². The summed E-state index contributed by atoms with van der Waals surface area (Å²) in [6.07, 6.45) is 3.16. The monoisotopic (exact) mass is 317 g/mol. The van der Waals surface area contributed by atoms with E-state index in [4.69, 9.17) is 5.11 Å². The predicted molar refractivity (Wildman–Crippen MR) is 77.4 cm³/mol. The van der Waals surface area contributed by atoms with Crippen LogP contribution in [0.25, 0.3) is 0 Å². The first-order valence-corrected chi connectivity index (χ1v) is 8.97. The number of sulfonamides is 1. The van der Waals surface area contributed by atoms with Crippen LogP contribution in [0.4, 0.5) is 0 Å². The maximum Gasteiger partial charge on any atom is 0.308 e. The molecule has 1 saturated carbocycles. The number of nitrogens with one attached hydrogen (secondary N) is 1. The van der Waals surface area contributed by atoms with Crippen LogP contribution in [0, 0.1) is 11.8 Å². The molecule has 20 heavy (non-hydrogen) atoms. The van der Waals surface area contributed by atoms with E-state index in [1.54, 1.807) is 6.07 Å². The zero-order valence-corrected chi connectivity index (χ0v) is 13.0. The molecular formula is C13H19NO4S2. The number of hydrogen-bond acceptors (Lipinski definition) is 4. The summed E-state index contributed by atoms with van der Waals surface area (Å²) in [6, 6.07) is 3.04. The highest BCUT2D eigenvalue weighted by atomic mass is 32.2. The van der Waals surface area contributed by atoms with Gasteiger partial charge in [0.05, 0.1) is 6.42 Å². The Labute approximate surface area is 123 Å². The van der Waals surface area contributed by atoms with Crippen molar-refractivity contribution in [3.8, 4) is 0 Å². The molecule has 0 bridgehead atoms.